The van der Waals surface area contributed by atoms with Crippen LogP contribution in [0, 0.1) is 11.8 Å². The molecule has 3 rings (SSSR count). The largest absolute Gasteiger partial charge is 0.416 e. The van der Waals surface area contributed by atoms with Crippen molar-refractivity contribution in [3.05, 3.63) is 35.4 Å². The fraction of sp³-hybridized carbons (Fsp3) is 0.647. The van der Waals surface area contributed by atoms with Gasteiger partial charge in [0, 0.05) is 6.04 Å². The number of benzene rings is 1. The first-order chi connectivity index (χ1) is 9.97. The number of alkyl halides is 3. The van der Waals surface area contributed by atoms with Gasteiger partial charge < -0.3 is 5.73 Å². The Morgan fingerprint density at radius 1 is 0.857 bits per heavy atom. The van der Waals surface area contributed by atoms with Gasteiger partial charge in [-0.2, -0.15) is 13.2 Å². The minimum atomic E-state index is -4.25. The Hall–Kier alpha value is -1.03. The Labute approximate surface area is 123 Å². The molecule has 2 fully saturated rings. The van der Waals surface area contributed by atoms with Gasteiger partial charge in [0.15, 0.2) is 0 Å². The summed E-state index contributed by atoms with van der Waals surface area (Å²) in [5, 5.41) is 0. The lowest BCUT2D eigenvalue weighted by Crippen LogP contribution is -2.43. The number of hydrogen-bond acceptors (Lipinski definition) is 1. The molecule has 4 atom stereocenters. The third-order valence-electron chi connectivity index (χ3n) is 5.42. The first kappa shape index (κ1) is 14.9. The lowest BCUT2D eigenvalue weighted by molar-refractivity contribution is -0.137. The van der Waals surface area contributed by atoms with Crippen molar-refractivity contribution in [2.75, 3.05) is 0 Å². The van der Waals surface area contributed by atoms with Crippen molar-refractivity contribution in [3.8, 4) is 0 Å². The zero-order chi connectivity index (χ0) is 15.0. The summed E-state index contributed by atoms with van der Waals surface area (Å²) in [5.41, 5.74) is 6.76. The highest BCUT2D eigenvalue weighted by atomic mass is 19.4. The molecule has 2 saturated carbocycles. The molecule has 0 spiro atoms. The van der Waals surface area contributed by atoms with Crippen LogP contribution in [0.1, 0.15) is 55.6 Å². The third-order valence-corrected chi connectivity index (χ3v) is 5.42. The van der Waals surface area contributed by atoms with E-state index in [1.54, 1.807) is 12.1 Å². The summed E-state index contributed by atoms with van der Waals surface area (Å²) in [5.74, 6) is 1.53. The molecule has 0 saturated heterocycles. The minimum Gasteiger partial charge on any atom is -0.327 e. The Balaban J connectivity index is 1.72. The van der Waals surface area contributed by atoms with E-state index < -0.39 is 11.7 Å². The molecule has 0 radical (unpaired) electrons. The molecular weight excluding hydrogens is 275 g/mol. The summed E-state index contributed by atoms with van der Waals surface area (Å²) in [6.45, 7) is 0. The predicted molar refractivity (Wildman–Crippen MR) is 76.8 cm³/mol. The zero-order valence-corrected chi connectivity index (χ0v) is 12.1. The molecule has 0 heterocycles. The fourth-order valence-corrected chi connectivity index (χ4v) is 4.09. The molecule has 2 aliphatic carbocycles. The Morgan fingerprint density at radius 2 is 1.52 bits per heavy atom. The molecule has 0 bridgehead atoms. The average Bonchev–Trinajstić information content (AvgIpc) is 2.40. The summed E-state index contributed by atoms with van der Waals surface area (Å²) >= 11 is 0. The molecule has 1 aromatic rings. The maximum absolute atomic E-state index is 12.6. The van der Waals surface area contributed by atoms with Crippen LogP contribution in [0.15, 0.2) is 24.3 Å². The second kappa shape index (κ2) is 5.64. The van der Waals surface area contributed by atoms with Crippen LogP contribution in [-0.4, -0.2) is 6.04 Å². The lowest BCUT2D eigenvalue weighted by atomic mass is 9.60. The van der Waals surface area contributed by atoms with Gasteiger partial charge in [0.1, 0.15) is 0 Å². The standard InChI is InChI=1S/C17H22F3N/c18-17(19,20)12-7-5-11(6-8-12)13-9-10-14(13)15-3-1-2-4-16(15)21/h5-8,13-16H,1-4,9-10,21H2. The van der Waals surface area contributed by atoms with Crippen molar-refractivity contribution < 1.29 is 13.2 Å². The smallest absolute Gasteiger partial charge is 0.327 e. The molecule has 116 valence electrons. The van der Waals surface area contributed by atoms with Gasteiger partial charge in [-0.1, -0.05) is 25.0 Å². The zero-order valence-electron chi connectivity index (χ0n) is 12.1. The summed E-state index contributed by atoms with van der Waals surface area (Å²) in [6, 6.07) is 6.03. The highest BCUT2D eigenvalue weighted by molar-refractivity contribution is 5.29. The molecule has 1 nitrogen and oxygen atoms in total. The second-order valence-corrected chi connectivity index (χ2v) is 6.58. The van der Waals surface area contributed by atoms with Gasteiger partial charge in [-0.25, -0.2) is 0 Å². The van der Waals surface area contributed by atoms with Crippen LogP contribution in [0.5, 0.6) is 0 Å². The normalized spacial score (nSPS) is 33.5. The highest BCUT2D eigenvalue weighted by Gasteiger charge is 2.41. The molecule has 4 unspecified atom stereocenters. The monoisotopic (exact) mass is 297 g/mol. The van der Waals surface area contributed by atoms with Crippen LogP contribution in [0.25, 0.3) is 0 Å². The van der Waals surface area contributed by atoms with Gasteiger partial charge >= 0.3 is 6.18 Å². The molecule has 2 N–H and O–H groups in total. The van der Waals surface area contributed by atoms with E-state index in [9.17, 15) is 13.2 Å². The van der Waals surface area contributed by atoms with E-state index in [1.165, 1.54) is 37.8 Å². The van der Waals surface area contributed by atoms with Crippen molar-refractivity contribution in [3.63, 3.8) is 0 Å². The highest BCUT2D eigenvalue weighted by Crippen LogP contribution is 2.50. The van der Waals surface area contributed by atoms with Crippen molar-refractivity contribution in [2.45, 2.75) is 56.7 Å². The van der Waals surface area contributed by atoms with E-state index >= 15 is 0 Å². The Kier molecular flexibility index (Phi) is 4.00. The topological polar surface area (TPSA) is 26.0 Å². The van der Waals surface area contributed by atoms with Crippen LogP contribution < -0.4 is 5.73 Å². The van der Waals surface area contributed by atoms with Crippen LogP contribution in [0.4, 0.5) is 13.2 Å². The van der Waals surface area contributed by atoms with Crippen LogP contribution >= 0.6 is 0 Å². The average molecular weight is 297 g/mol. The van der Waals surface area contributed by atoms with Crippen molar-refractivity contribution in [2.24, 2.45) is 17.6 Å². The van der Waals surface area contributed by atoms with Crippen LogP contribution in [0.3, 0.4) is 0 Å². The summed E-state index contributed by atoms with van der Waals surface area (Å²) in [4.78, 5) is 0. The lowest BCUT2D eigenvalue weighted by Gasteiger charge is -2.46. The summed E-state index contributed by atoms with van der Waals surface area (Å²) in [7, 11) is 0. The fourth-order valence-electron chi connectivity index (χ4n) is 4.09. The molecule has 21 heavy (non-hydrogen) atoms. The Morgan fingerprint density at radius 3 is 2.05 bits per heavy atom. The van der Waals surface area contributed by atoms with E-state index in [1.807, 2.05) is 0 Å². The molecule has 0 aliphatic heterocycles. The molecular formula is C17H22F3N. The maximum Gasteiger partial charge on any atom is 0.416 e. The number of rotatable bonds is 2. The summed E-state index contributed by atoms with van der Waals surface area (Å²) in [6.07, 6.45) is 2.75. The molecule has 4 heteroatoms. The summed E-state index contributed by atoms with van der Waals surface area (Å²) < 4.78 is 37.9. The molecule has 0 aromatic heterocycles. The van der Waals surface area contributed by atoms with Gasteiger partial charge in [0.05, 0.1) is 5.56 Å². The molecule has 1 aromatic carbocycles. The van der Waals surface area contributed by atoms with Crippen molar-refractivity contribution >= 4 is 0 Å². The number of halogens is 3. The van der Waals surface area contributed by atoms with Gasteiger partial charge in [-0.15, -0.1) is 0 Å². The quantitative estimate of drug-likeness (QED) is 0.840. The Bertz CT molecular complexity index is 480. The molecule has 0 amide bonds. The van der Waals surface area contributed by atoms with E-state index in [-0.39, 0.29) is 6.04 Å². The third kappa shape index (κ3) is 2.96. The van der Waals surface area contributed by atoms with Gasteiger partial charge in [0.25, 0.3) is 0 Å². The minimum absolute atomic E-state index is 0.279. The van der Waals surface area contributed by atoms with Gasteiger partial charge in [-0.05, 0) is 61.1 Å². The number of hydrogen-bond donors (Lipinski definition) is 1. The SMILES string of the molecule is NC1CCCCC1C1CCC1c1ccc(C(F)(F)F)cc1. The first-order valence-corrected chi connectivity index (χ1v) is 7.89. The van der Waals surface area contributed by atoms with E-state index in [4.69, 9.17) is 5.73 Å². The first-order valence-electron chi connectivity index (χ1n) is 7.89. The van der Waals surface area contributed by atoms with E-state index in [0.29, 0.717) is 17.8 Å². The number of nitrogens with two attached hydrogens (primary N) is 1. The van der Waals surface area contributed by atoms with Crippen molar-refractivity contribution in [1.29, 1.82) is 0 Å². The van der Waals surface area contributed by atoms with Gasteiger partial charge in [0.2, 0.25) is 0 Å². The van der Waals surface area contributed by atoms with Crippen LogP contribution in [-0.2, 0) is 6.18 Å². The van der Waals surface area contributed by atoms with Gasteiger partial charge in [-0.3, -0.25) is 0 Å². The van der Waals surface area contributed by atoms with Crippen molar-refractivity contribution in [1.82, 2.24) is 0 Å². The predicted octanol–water partition coefficient (Wildman–Crippen LogP) is 4.72. The molecule has 2 aliphatic rings. The van der Waals surface area contributed by atoms with E-state index in [2.05, 4.69) is 0 Å². The van der Waals surface area contributed by atoms with E-state index in [0.717, 1.165) is 18.4 Å². The second-order valence-electron chi connectivity index (χ2n) is 6.58. The maximum atomic E-state index is 12.6. The van der Waals surface area contributed by atoms with Crippen LogP contribution in [0.2, 0.25) is 0 Å².